The van der Waals surface area contributed by atoms with E-state index in [9.17, 15) is 4.79 Å². The molecule has 2 rings (SSSR count). The highest BCUT2D eigenvalue weighted by atomic mass is 16.1. The maximum atomic E-state index is 11.0. The minimum Gasteiger partial charge on any atom is -0.300 e. The Morgan fingerprint density at radius 3 is 2.79 bits per heavy atom. The lowest BCUT2D eigenvalue weighted by Gasteiger charge is -2.20. The monoisotopic (exact) mass is 189 g/mol. The lowest BCUT2D eigenvalue weighted by molar-refractivity contribution is -0.120. The number of pyridine rings is 1. The van der Waals surface area contributed by atoms with Crippen LogP contribution in [-0.2, 0) is 11.2 Å². The van der Waals surface area contributed by atoms with Gasteiger partial charge in [-0.25, -0.2) is 0 Å². The smallest absolute Gasteiger partial charge is 0.132 e. The zero-order chi connectivity index (χ0) is 9.80. The van der Waals surface area contributed by atoms with Gasteiger partial charge in [0.1, 0.15) is 5.78 Å². The Morgan fingerprint density at radius 1 is 1.36 bits per heavy atom. The average molecular weight is 189 g/mol. The van der Waals surface area contributed by atoms with Crippen molar-refractivity contribution in [3.05, 3.63) is 30.1 Å². The van der Waals surface area contributed by atoms with E-state index >= 15 is 0 Å². The number of hydrogen-bond acceptors (Lipinski definition) is 2. The Labute approximate surface area is 84.4 Å². The molecule has 0 saturated heterocycles. The van der Waals surface area contributed by atoms with Gasteiger partial charge in [0, 0.05) is 25.2 Å². The van der Waals surface area contributed by atoms with Crippen LogP contribution in [-0.4, -0.2) is 10.8 Å². The molecule has 2 nitrogen and oxygen atoms in total. The molecule has 0 atom stereocenters. The summed E-state index contributed by atoms with van der Waals surface area (Å²) in [6.07, 6.45) is 8.50. The molecule has 0 radical (unpaired) electrons. The second-order valence-electron chi connectivity index (χ2n) is 4.05. The highest BCUT2D eigenvalue weighted by molar-refractivity contribution is 5.79. The van der Waals surface area contributed by atoms with Crippen molar-refractivity contribution in [2.75, 3.05) is 0 Å². The molecule has 0 unspecified atom stereocenters. The van der Waals surface area contributed by atoms with Crippen molar-refractivity contribution in [2.45, 2.75) is 32.1 Å². The molecule has 0 bridgehead atoms. The Balaban J connectivity index is 1.89. The van der Waals surface area contributed by atoms with Crippen LogP contribution in [0.3, 0.4) is 0 Å². The molecule has 74 valence electrons. The number of hydrogen-bond donors (Lipinski definition) is 0. The molecule has 0 N–H and O–H groups in total. The number of carbonyl (C=O) groups is 1. The first-order chi connectivity index (χ1) is 6.84. The van der Waals surface area contributed by atoms with Crippen LogP contribution in [0.25, 0.3) is 0 Å². The highest BCUT2D eigenvalue weighted by Crippen LogP contribution is 2.24. The molecule has 1 heterocycles. The summed E-state index contributed by atoms with van der Waals surface area (Å²) in [5.41, 5.74) is 1.30. The molecule has 14 heavy (non-hydrogen) atoms. The van der Waals surface area contributed by atoms with Crippen LogP contribution in [0.1, 0.15) is 31.2 Å². The summed E-state index contributed by atoms with van der Waals surface area (Å²) in [7, 11) is 0. The number of nitrogens with zero attached hydrogens (tertiary/aromatic N) is 1. The normalized spacial score (nSPS) is 18.4. The summed E-state index contributed by atoms with van der Waals surface area (Å²) in [6.45, 7) is 0. The minimum atomic E-state index is 0.437. The maximum Gasteiger partial charge on any atom is 0.132 e. The lowest BCUT2D eigenvalue weighted by atomic mass is 9.84. The van der Waals surface area contributed by atoms with Crippen molar-refractivity contribution >= 4 is 5.78 Å². The standard InChI is InChI=1S/C12H15NO/c14-12-5-3-10(4-6-12)8-11-2-1-7-13-9-11/h1-2,7,9-10H,3-6,8H2. The van der Waals surface area contributed by atoms with Gasteiger partial charge in [-0.2, -0.15) is 0 Å². The number of ketones is 1. The molecule has 2 heteroatoms. The van der Waals surface area contributed by atoms with E-state index in [4.69, 9.17) is 0 Å². The number of aromatic nitrogens is 1. The molecule has 1 saturated carbocycles. The van der Waals surface area contributed by atoms with Crippen molar-refractivity contribution in [2.24, 2.45) is 5.92 Å². The summed E-state index contributed by atoms with van der Waals surface area (Å²) < 4.78 is 0. The zero-order valence-electron chi connectivity index (χ0n) is 8.28. The van der Waals surface area contributed by atoms with Crippen molar-refractivity contribution in [1.29, 1.82) is 0 Å². The third-order valence-corrected chi connectivity index (χ3v) is 2.91. The van der Waals surface area contributed by atoms with Crippen molar-refractivity contribution < 1.29 is 4.79 Å². The van der Waals surface area contributed by atoms with E-state index in [-0.39, 0.29) is 0 Å². The molecule has 0 spiro atoms. The average Bonchev–Trinajstić information content (AvgIpc) is 2.23. The van der Waals surface area contributed by atoms with Crippen molar-refractivity contribution in [1.82, 2.24) is 4.98 Å². The largest absolute Gasteiger partial charge is 0.300 e. The van der Waals surface area contributed by atoms with Gasteiger partial charge in [-0.15, -0.1) is 0 Å². The molecule has 0 amide bonds. The quantitative estimate of drug-likeness (QED) is 0.715. The first-order valence-corrected chi connectivity index (χ1v) is 5.25. The first-order valence-electron chi connectivity index (χ1n) is 5.25. The Morgan fingerprint density at radius 2 is 2.14 bits per heavy atom. The lowest BCUT2D eigenvalue weighted by Crippen LogP contribution is -2.15. The molecule has 1 aromatic heterocycles. The molecule has 1 fully saturated rings. The fourth-order valence-corrected chi connectivity index (χ4v) is 2.06. The van der Waals surface area contributed by atoms with Gasteiger partial charge >= 0.3 is 0 Å². The maximum absolute atomic E-state index is 11.0. The van der Waals surface area contributed by atoms with E-state index in [1.165, 1.54) is 5.56 Å². The van der Waals surface area contributed by atoms with Crippen LogP contribution in [0.15, 0.2) is 24.5 Å². The first kappa shape index (κ1) is 9.38. The fourth-order valence-electron chi connectivity index (χ4n) is 2.06. The van der Waals surface area contributed by atoms with Crippen LogP contribution >= 0.6 is 0 Å². The number of carbonyl (C=O) groups excluding carboxylic acids is 1. The predicted molar refractivity (Wildman–Crippen MR) is 54.9 cm³/mol. The Kier molecular flexibility index (Phi) is 2.92. The van der Waals surface area contributed by atoms with Crippen LogP contribution in [0.4, 0.5) is 0 Å². The van der Waals surface area contributed by atoms with Crippen LogP contribution in [0.2, 0.25) is 0 Å². The van der Waals surface area contributed by atoms with Gasteiger partial charge in [0.25, 0.3) is 0 Å². The van der Waals surface area contributed by atoms with Gasteiger partial charge in [0.15, 0.2) is 0 Å². The second kappa shape index (κ2) is 4.36. The highest BCUT2D eigenvalue weighted by Gasteiger charge is 2.18. The minimum absolute atomic E-state index is 0.437. The van der Waals surface area contributed by atoms with Gasteiger partial charge in [-0.3, -0.25) is 9.78 Å². The van der Waals surface area contributed by atoms with Gasteiger partial charge in [-0.1, -0.05) is 6.07 Å². The summed E-state index contributed by atoms with van der Waals surface area (Å²) >= 11 is 0. The number of Topliss-reactive ketones (excluding diaryl/α,β-unsaturated/α-hetero) is 1. The van der Waals surface area contributed by atoms with E-state index in [1.807, 2.05) is 12.3 Å². The third-order valence-electron chi connectivity index (χ3n) is 2.91. The molecule has 1 aliphatic rings. The molecule has 1 aromatic rings. The van der Waals surface area contributed by atoms with Gasteiger partial charge in [0.2, 0.25) is 0 Å². The van der Waals surface area contributed by atoms with E-state index in [0.29, 0.717) is 11.7 Å². The zero-order valence-corrected chi connectivity index (χ0v) is 8.28. The molecular weight excluding hydrogens is 174 g/mol. The van der Waals surface area contributed by atoms with E-state index in [0.717, 1.165) is 32.1 Å². The van der Waals surface area contributed by atoms with Crippen LogP contribution in [0.5, 0.6) is 0 Å². The molecule has 0 aromatic carbocycles. The van der Waals surface area contributed by atoms with Crippen molar-refractivity contribution in [3.8, 4) is 0 Å². The third kappa shape index (κ3) is 2.41. The Hall–Kier alpha value is -1.18. The van der Waals surface area contributed by atoms with E-state index in [2.05, 4.69) is 11.1 Å². The van der Waals surface area contributed by atoms with Crippen molar-refractivity contribution in [3.63, 3.8) is 0 Å². The topological polar surface area (TPSA) is 30.0 Å². The molecule has 1 aliphatic carbocycles. The Bertz CT molecular complexity index is 297. The van der Waals surface area contributed by atoms with E-state index < -0.39 is 0 Å². The molecular formula is C12H15NO. The fraction of sp³-hybridized carbons (Fsp3) is 0.500. The van der Waals surface area contributed by atoms with Gasteiger partial charge in [0.05, 0.1) is 0 Å². The van der Waals surface area contributed by atoms with E-state index in [1.54, 1.807) is 6.20 Å². The van der Waals surface area contributed by atoms with Gasteiger partial charge in [-0.05, 0) is 36.8 Å². The summed E-state index contributed by atoms with van der Waals surface area (Å²) in [5.74, 6) is 1.13. The summed E-state index contributed by atoms with van der Waals surface area (Å²) in [4.78, 5) is 15.1. The summed E-state index contributed by atoms with van der Waals surface area (Å²) in [6, 6.07) is 4.09. The molecule has 0 aliphatic heterocycles. The van der Waals surface area contributed by atoms with Crippen LogP contribution < -0.4 is 0 Å². The SMILES string of the molecule is O=C1CCC(Cc2cccnc2)CC1. The summed E-state index contributed by atoms with van der Waals surface area (Å²) in [5, 5.41) is 0. The van der Waals surface area contributed by atoms with Crippen LogP contribution in [0, 0.1) is 5.92 Å². The predicted octanol–water partition coefficient (Wildman–Crippen LogP) is 2.38. The van der Waals surface area contributed by atoms with Gasteiger partial charge < -0.3 is 0 Å². The number of rotatable bonds is 2. The second-order valence-corrected chi connectivity index (χ2v) is 4.05.